The molecule has 1 atom stereocenters. The number of hydrogen-bond acceptors (Lipinski definition) is 3. The maximum Gasteiger partial charge on any atom is 0.0807 e. The van der Waals surface area contributed by atoms with E-state index in [1.165, 1.54) is 0 Å². The minimum absolute atomic E-state index is 0.423. The van der Waals surface area contributed by atoms with E-state index >= 15 is 0 Å². The SMILES string of the molecule is Nc1cccc(Cl)c1S(=O)Cc1sccc1Br. The Bertz CT molecular complexity index is 550. The molecule has 0 saturated carbocycles. The molecule has 0 fully saturated rings. The summed E-state index contributed by atoms with van der Waals surface area (Å²) < 4.78 is 13.2. The molecule has 0 amide bonds. The van der Waals surface area contributed by atoms with Gasteiger partial charge in [-0.1, -0.05) is 17.7 Å². The molecular formula is C11H9BrClNOS2. The fourth-order valence-corrected chi connectivity index (χ4v) is 5.04. The van der Waals surface area contributed by atoms with Gasteiger partial charge in [-0.15, -0.1) is 11.3 Å². The molecule has 1 unspecified atom stereocenters. The molecule has 1 aromatic heterocycles. The van der Waals surface area contributed by atoms with Gasteiger partial charge in [-0.2, -0.15) is 0 Å². The van der Waals surface area contributed by atoms with Crippen molar-refractivity contribution < 1.29 is 4.21 Å². The molecule has 0 aliphatic heterocycles. The van der Waals surface area contributed by atoms with Gasteiger partial charge in [0.2, 0.25) is 0 Å². The van der Waals surface area contributed by atoms with E-state index < -0.39 is 10.8 Å². The Morgan fingerprint density at radius 1 is 1.41 bits per heavy atom. The lowest BCUT2D eigenvalue weighted by molar-refractivity contribution is 0.683. The summed E-state index contributed by atoms with van der Waals surface area (Å²) >= 11 is 11.0. The molecule has 0 radical (unpaired) electrons. The van der Waals surface area contributed by atoms with Crippen LogP contribution in [0.4, 0.5) is 5.69 Å². The number of nitrogen functional groups attached to an aromatic ring is 1. The van der Waals surface area contributed by atoms with E-state index in [1.807, 2.05) is 11.4 Å². The molecule has 0 spiro atoms. The topological polar surface area (TPSA) is 43.1 Å². The Morgan fingerprint density at radius 3 is 2.76 bits per heavy atom. The molecule has 0 aliphatic carbocycles. The Hall–Kier alpha value is -0.360. The minimum atomic E-state index is -1.22. The van der Waals surface area contributed by atoms with E-state index in [0.29, 0.717) is 21.4 Å². The Labute approximate surface area is 119 Å². The molecule has 0 aliphatic rings. The van der Waals surface area contributed by atoms with E-state index in [-0.39, 0.29) is 0 Å². The second-order valence-corrected chi connectivity index (χ2v) is 6.99. The van der Waals surface area contributed by atoms with Gasteiger partial charge in [-0.3, -0.25) is 4.21 Å². The standard InChI is InChI=1S/C11H9BrClNOS2/c12-7-4-5-16-10(7)6-17(15)11-8(13)2-1-3-9(11)14/h1-5H,6,14H2. The van der Waals surface area contributed by atoms with Crippen molar-refractivity contribution in [3.8, 4) is 0 Å². The molecule has 6 heteroatoms. The lowest BCUT2D eigenvalue weighted by Gasteiger charge is -2.07. The van der Waals surface area contributed by atoms with Crippen molar-refractivity contribution >= 4 is 55.4 Å². The average molecular weight is 351 g/mol. The summed E-state index contributed by atoms with van der Waals surface area (Å²) in [5, 5.41) is 2.41. The van der Waals surface area contributed by atoms with E-state index in [4.69, 9.17) is 17.3 Å². The third-order valence-electron chi connectivity index (χ3n) is 2.18. The van der Waals surface area contributed by atoms with Crippen LogP contribution in [0.2, 0.25) is 5.02 Å². The van der Waals surface area contributed by atoms with Gasteiger partial charge in [0.05, 0.1) is 26.5 Å². The maximum absolute atomic E-state index is 12.2. The van der Waals surface area contributed by atoms with Crippen LogP contribution >= 0.6 is 38.9 Å². The van der Waals surface area contributed by atoms with Crippen LogP contribution in [0.25, 0.3) is 0 Å². The molecule has 0 saturated heterocycles. The molecule has 17 heavy (non-hydrogen) atoms. The quantitative estimate of drug-likeness (QED) is 0.848. The van der Waals surface area contributed by atoms with Crippen LogP contribution in [0.3, 0.4) is 0 Å². The number of halogens is 2. The fraction of sp³-hybridized carbons (Fsp3) is 0.0909. The highest BCUT2D eigenvalue weighted by atomic mass is 79.9. The number of anilines is 1. The van der Waals surface area contributed by atoms with Crippen LogP contribution in [0.1, 0.15) is 4.88 Å². The van der Waals surface area contributed by atoms with Gasteiger partial charge in [0.25, 0.3) is 0 Å². The predicted octanol–water partition coefficient (Wildman–Crippen LogP) is 4.05. The van der Waals surface area contributed by atoms with Crippen molar-refractivity contribution in [3.05, 3.63) is 44.0 Å². The summed E-state index contributed by atoms with van der Waals surface area (Å²) in [4.78, 5) is 1.55. The number of hydrogen-bond donors (Lipinski definition) is 1. The summed E-state index contributed by atoms with van der Waals surface area (Å²) in [5.41, 5.74) is 6.28. The van der Waals surface area contributed by atoms with Gasteiger partial charge in [-0.25, -0.2) is 0 Å². The largest absolute Gasteiger partial charge is 0.398 e. The zero-order valence-electron chi connectivity index (χ0n) is 8.65. The fourth-order valence-electron chi connectivity index (χ4n) is 1.39. The van der Waals surface area contributed by atoms with Crippen molar-refractivity contribution in [2.24, 2.45) is 0 Å². The zero-order chi connectivity index (χ0) is 12.4. The number of benzene rings is 1. The monoisotopic (exact) mass is 349 g/mol. The molecule has 0 bridgehead atoms. The van der Waals surface area contributed by atoms with Crippen LogP contribution in [-0.4, -0.2) is 4.21 Å². The number of nitrogens with two attached hydrogens (primary N) is 1. The summed E-state index contributed by atoms with van der Waals surface area (Å²) in [6.07, 6.45) is 0. The first-order valence-electron chi connectivity index (χ1n) is 4.74. The normalized spacial score (nSPS) is 12.6. The summed E-state index contributed by atoms with van der Waals surface area (Å²) in [6.45, 7) is 0. The van der Waals surface area contributed by atoms with Crippen molar-refractivity contribution in [2.75, 3.05) is 5.73 Å². The lowest BCUT2D eigenvalue weighted by atomic mass is 10.3. The van der Waals surface area contributed by atoms with E-state index in [9.17, 15) is 4.21 Å². The van der Waals surface area contributed by atoms with Gasteiger partial charge < -0.3 is 5.73 Å². The first kappa shape index (κ1) is 13.1. The van der Waals surface area contributed by atoms with Crippen LogP contribution in [0.15, 0.2) is 39.0 Å². The summed E-state index contributed by atoms with van der Waals surface area (Å²) in [7, 11) is -1.22. The van der Waals surface area contributed by atoms with Crippen molar-refractivity contribution in [2.45, 2.75) is 10.6 Å². The summed E-state index contributed by atoms with van der Waals surface area (Å²) in [6, 6.07) is 7.10. The van der Waals surface area contributed by atoms with Gasteiger partial charge in [-0.05, 0) is 39.5 Å². The third kappa shape index (κ3) is 2.91. The maximum atomic E-state index is 12.2. The van der Waals surface area contributed by atoms with Crippen LogP contribution in [-0.2, 0) is 16.6 Å². The van der Waals surface area contributed by atoms with Gasteiger partial charge in [0, 0.05) is 15.0 Å². The average Bonchev–Trinajstić information content (AvgIpc) is 2.64. The second-order valence-electron chi connectivity index (χ2n) is 3.34. The lowest BCUT2D eigenvalue weighted by Crippen LogP contribution is -2.01. The first-order valence-corrected chi connectivity index (χ1v) is 8.11. The highest BCUT2D eigenvalue weighted by Crippen LogP contribution is 2.30. The van der Waals surface area contributed by atoms with Gasteiger partial charge >= 0.3 is 0 Å². The molecule has 2 nitrogen and oxygen atoms in total. The predicted molar refractivity (Wildman–Crippen MR) is 78.0 cm³/mol. The third-order valence-corrected chi connectivity index (χ3v) is 6.18. The van der Waals surface area contributed by atoms with E-state index in [0.717, 1.165) is 9.35 Å². The molecule has 2 aromatic rings. The molecule has 90 valence electrons. The van der Waals surface area contributed by atoms with Crippen molar-refractivity contribution in [3.63, 3.8) is 0 Å². The smallest absolute Gasteiger partial charge is 0.0807 e. The van der Waals surface area contributed by atoms with Crippen LogP contribution in [0.5, 0.6) is 0 Å². The van der Waals surface area contributed by atoms with E-state index in [1.54, 1.807) is 29.5 Å². The molecular weight excluding hydrogens is 342 g/mol. The first-order chi connectivity index (χ1) is 8.09. The van der Waals surface area contributed by atoms with Crippen molar-refractivity contribution in [1.29, 1.82) is 0 Å². The van der Waals surface area contributed by atoms with Crippen molar-refractivity contribution in [1.82, 2.24) is 0 Å². The van der Waals surface area contributed by atoms with Gasteiger partial charge in [0.1, 0.15) is 0 Å². The molecule has 2 N–H and O–H groups in total. The minimum Gasteiger partial charge on any atom is -0.398 e. The zero-order valence-corrected chi connectivity index (χ0v) is 12.6. The highest BCUT2D eigenvalue weighted by Gasteiger charge is 2.14. The Morgan fingerprint density at radius 2 is 2.18 bits per heavy atom. The Balaban J connectivity index is 2.30. The Kier molecular flexibility index (Phi) is 4.25. The number of thiophene rings is 1. The van der Waals surface area contributed by atoms with Crippen LogP contribution in [0, 0.1) is 0 Å². The number of rotatable bonds is 3. The van der Waals surface area contributed by atoms with Gasteiger partial charge in [0.15, 0.2) is 0 Å². The molecule has 2 rings (SSSR count). The second kappa shape index (κ2) is 5.52. The summed E-state index contributed by atoms with van der Waals surface area (Å²) in [5.74, 6) is 0.423. The van der Waals surface area contributed by atoms with Crippen LogP contribution < -0.4 is 5.73 Å². The highest BCUT2D eigenvalue weighted by molar-refractivity contribution is 9.10. The van der Waals surface area contributed by atoms with E-state index in [2.05, 4.69) is 15.9 Å². The molecule has 1 heterocycles. The molecule has 1 aromatic carbocycles.